The molecule has 0 saturated heterocycles. The Labute approximate surface area is 128 Å². The first-order valence-corrected chi connectivity index (χ1v) is 7.19. The summed E-state index contributed by atoms with van der Waals surface area (Å²) in [4.78, 5) is 4.42. The lowest BCUT2D eigenvalue weighted by atomic mass is 10.2. The van der Waals surface area contributed by atoms with Crippen molar-refractivity contribution < 1.29 is 4.42 Å². The highest BCUT2D eigenvalue weighted by Crippen LogP contribution is 2.23. The Morgan fingerprint density at radius 1 is 1.39 bits per heavy atom. The van der Waals surface area contributed by atoms with Crippen LogP contribution in [0, 0.1) is 10.5 Å². The van der Waals surface area contributed by atoms with E-state index in [0.29, 0.717) is 5.89 Å². The van der Waals surface area contributed by atoms with Crippen molar-refractivity contribution in [1.29, 1.82) is 0 Å². The van der Waals surface area contributed by atoms with Gasteiger partial charge in [0.05, 0.1) is 5.69 Å². The molecule has 0 radical (unpaired) electrons. The van der Waals surface area contributed by atoms with Crippen LogP contribution in [0.3, 0.4) is 0 Å². The molecule has 0 saturated carbocycles. The highest BCUT2D eigenvalue weighted by molar-refractivity contribution is 14.1. The number of benzene rings is 1. The van der Waals surface area contributed by atoms with Crippen LogP contribution in [0.2, 0.25) is 0 Å². The topological polar surface area (TPSA) is 26.0 Å². The number of hydrogen-bond acceptors (Lipinski definition) is 2. The number of aryl methyl sites for hydroxylation is 1. The van der Waals surface area contributed by atoms with Gasteiger partial charge in [0.1, 0.15) is 0 Å². The van der Waals surface area contributed by atoms with Crippen molar-refractivity contribution in [2.24, 2.45) is 0 Å². The number of halogens is 2. The molecule has 0 N–H and O–H groups in total. The maximum atomic E-state index is 5.73. The van der Waals surface area contributed by atoms with E-state index in [2.05, 4.69) is 50.1 Å². The number of rotatable bonds is 3. The van der Waals surface area contributed by atoms with Crippen LogP contribution in [0.15, 0.2) is 45.8 Å². The molecule has 18 heavy (non-hydrogen) atoms. The first kappa shape index (κ1) is 13.5. The van der Waals surface area contributed by atoms with Gasteiger partial charge in [0, 0.05) is 13.6 Å². The van der Waals surface area contributed by atoms with Crippen LogP contribution < -0.4 is 0 Å². The molecule has 0 atom stereocenters. The molecule has 92 valence electrons. The van der Waals surface area contributed by atoms with E-state index in [1.165, 1.54) is 3.57 Å². The Morgan fingerprint density at radius 2 is 2.06 bits per heavy atom. The van der Waals surface area contributed by atoms with Crippen LogP contribution in [-0.4, -0.2) is 4.98 Å². The molecule has 1 aromatic heterocycles. The van der Waals surface area contributed by atoms with Crippen LogP contribution in [0.25, 0.3) is 17.5 Å². The van der Waals surface area contributed by atoms with Crippen molar-refractivity contribution in [2.45, 2.75) is 6.92 Å². The Bertz CT molecular complexity index is 599. The summed E-state index contributed by atoms with van der Waals surface area (Å²) in [6.45, 7) is 5.67. The van der Waals surface area contributed by atoms with E-state index in [0.717, 1.165) is 21.5 Å². The Balaban J connectivity index is 2.34. The highest BCUT2D eigenvalue weighted by atomic mass is 127. The molecule has 0 amide bonds. The fourth-order valence-corrected chi connectivity index (χ4v) is 1.94. The lowest BCUT2D eigenvalue weighted by molar-refractivity contribution is 0.563. The Hall–Kier alpha value is -0.880. The second kappa shape index (κ2) is 5.84. The third-order valence-corrected chi connectivity index (χ3v) is 3.32. The van der Waals surface area contributed by atoms with Crippen molar-refractivity contribution in [3.05, 3.63) is 56.4 Å². The van der Waals surface area contributed by atoms with Crippen molar-refractivity contribution in [2.75, 3.05) is 0 Å². The van der Waals surface area contributed by atoms with Gasteiger partial charge in [-0.2, -0.15) is 0 Å². The first-order chi connectivity index (χ1) is 8.56. The summed E-state index contributed by atoms with van der Waals surface area (Å²) in [5, 5.41) is 0. The molecule has 0 aliphatic heterocycles. The average Bonchev–Trinajstić information content (AvgIpc) is 2.69. The van der Waals surface area contributed by atoms with Crippen molar-refractivity contribution in [3.63, 3.8) is 0 Å². The monoisotopic (exact) mass is 415 g/mol. The van der Waals surface area contributed by atoms with Crippen LogP contribution >= 0.6 is 38.5 Å². The molecule has 0 aliphatic rings. The minimum Gasteiger partial charge on any atom is -0.436 e. The molecule has 0 bridgehead atoms. The molecule has 0 unspecified atom stereocenters. The SMILES string of the molecule is C=C(Br)/C=C\c1oc(-c2ccc(I)cc2)nc1C. The Kier molecular flexibility index (Phi) is 4.40. The van der Waals surface area contributed by atoms with Crippen LogP contribution in [0.5, 0.6) is 0 Å². The zero-order valence-electron chi connectivity index (χ0n) is 9.78. The molecule has 4 heteroatoms. The van der Waals surface area contributed by atoms with Gasteiger partial charge in [0.25, 0.3) is 0 Å². The van der Waals surface area contributed by atoms with Crippen LogP contribution in [-0.2, 0) is 0 Å². The Morgan fingerprint density at radius 3 is 2.67 bits per heavy atom. The number of aromatic nitrogens is 1. The van der Waals surface area contributed by atoms with E-state index in [1.807, 2.05) is 43.3 Å². The van der Waals surface area contributed by atoms with Gasteiger partial charge in [0.15, 0.2) is 5.76 Å². The molecule has 2 nitrogen and oxygen atoms in total. The van der Waals surface area contributed by atoms with Crippen molar-refractivity contribution in [1.82, 2.24) is 4.98 Å². The van der Waals surface area contributed by atoms with Crippen molar-refractivity contribution in [3.8, 4) is 11.5 Å². The predicted octanol–water partition coefficient (Wildman–Crippen LogP) is 5.18. The van der Waals surface area contributed by atoms with Gasteiger partial charge in [-0.05, 0) is 65.9 Å². The molecule has 2 rings (SSSR count). The molecular formula is C14H11BrINO. The fourth-order valence-electron chi connectivity index (χ4n) is 1.44. The van der Waals surface area contributed by atoms with Crippen LogP contribution in [0.1, 0.15) is 11.5 Å². The van der Waals surface area contributed by atoms with Gasteiger partial charge in [-0.15, -0.1) is 0 Å². The zero-order valence-corrected chi connectivity index (χ0v) is 13.5. The predicted molar refractivity (Wildman–Crippen MR) is 86.5 cm³/mol. The lowest BCUT2D eigenvalue weighted by Crippen LogP contribution is -1.78. The molecule has 0 aliphatic carbocycles. The lowest BCUT2D eigenvalue weighted by Gasteiger charge is -1.94. The molecule has 0 spiro atoms. The van der Waals surface area contributed by atoms with Gasteiger partial charge < -0.3 is 4.42 Å². The number of nitrogens with zero attached hydrogens (tertiary/aromatic N) is 1. The summed E-state index contributed by atoms with van der Waals surface area (Å²) in [6, 6.07) is 8.07. The summed E-state index contributed by atoms with van der Waals surface area (Å²) in [7, 11) is 0. The van der Waals surface area contributed by atoms with Gasteiger partial charge >= 0.3 is 0 Å². The van der Waals surface area contributed by atoms with Gasteiger partial charge in [-0.1, -0.05) is 22.5 Å². The number of hydrogen-bond donors (Lipinski definition) is 0. The summed E-state index contributed by atoms with van der Waals surface area (Å²) < 4.78 is 7.72. The largest absolute Gasteiger partial charge is 0.436 e. The second-order valence-corrected chi connectivity index (χ2v) is 6.02. The molecule has 2 aromatic rings. The minimum absolute atomic E-state index is 0.642. The second-order valence-electron chi connectivity index (χ2n) is 3.76. The first-order valence-electron chi connectivity index (χ1n) is 5.32. The summed E-state index contributed by atoms with van der Waals surface area (Å²) in [5.41, 5.74) is 1.85. The van der Waals surface area contributed by atoms with E-state index in [-0.39, 0.29) is 0 Å². The average molecular weight is 416 g/mol. The standard InChI is InChI=1S/C14H11BrINO/c1-9(15)3-8-13-10(2)17-14(18-13)11-4-6-12(16)7-5-11/h3-8H,1H2,2H3/b8-3-. The molecule has 1 heterocycles. The van der Waals surface area contributed by atoms with Crippen molar-refractivity contribution >= 4 is 44.6 Å². The van der Waals surface area contributed by atoms with E-state index >= 15 is 0 Å². The summed E-state index contributed by atoms with van der Waals surface area (Å²) in [5.74, 6) is 1.40. The zero-order chi connectivity index (χ0) is 13.1. The quantitative estimate of drug-likeness (QED) is 0.510. The third kappa shape index (κ3) is 3.32. The highest BCUT2D eigenvalue weighted by Gasteiger charge is 2.08. The van der Waals surface area contributed by atoms with Gasteiger partial charge in [-0.25, -0.2) is 4.98 Å². The van der Waals surface area contributed by atoms with Gasteiger partial charge in [-0.3, -0.25) is 0 Å². The fraction of sp³-hybridized carbons (Fsp3) is 0.0714. The maximum Gasteiger partial charge on any atom is 0.226 e. The number of oxazole rings is 1. The van der Waals surface area contributed by atoms with E-state index in [4.69, 9.17) is 4.42 Å². The normalized spacial score (nSPS) is 11.1. The smallest absolute Gasteiger partial charge is 0.226 e. The maximum absolute atomic E-state index is 5.73. The molecule has 1 aromatic carbocycles. The molecular weight excluding hydrogens is 405 g/mol. The summed E-state index contributed by atoms with van der Waals surface area (Å²) >= 11 is 5.54. The molecule has 0 fully saturated rings. The van der Waals surface area contributed by atoms with E-state index in [1.54, 1.807) is 0 Å². The van der Waals surface area contributed by atoms with Crippen LogP contribution in [0.4, 0.5) is 0 Å². The van der Waals surface area contributed by atoms with Gasteiger partial charge in [0.2, 0.25) is 5.89 Å². The number of allylic oxidation sites excluding steroid dienone is 2. The van der Waals surface area contributed by atoms with E-state index < -0.39 is 0 Å². The van der Waals surface area contributed by atoms with E-state index in [9.17, 15) is 0 Å². The third-order valence-electron chi connectivity index (χ3n) is 2.34. The minimum atomic E-state index is 0.642. The summed E-state index contributed by atoms with van der Waals surface area (Å²) in [6.07, 6.45) is 3.70.